The van der Waals surface area contributed by atoms with E-state index in [0.29, 0.717) is 18.5 Å². The van der Waals surface area contributed by atoms with Crippen LogP contribution in [0.1, 0.15) is 58.2 Å². The van der Waals surface area contributed by atoms with E-state index in [0.717, 1.165) is 33.5 Å². The average Bonchev–Trinajstić information content (AvgIpc) is 3.57. The van der Waals surface area contributed by atoms with Crippen molar-refractivity contribution in [1.82, 2.24) is 24.5 Å². The Morgan fingerprint density at radius 1 is 1.04 bits per heavy atom. The molecule has 0 bridgehead atoms. The zero-order chi connectivity index (χ0) is 38.0. The number of ether oxygens (including phenoxy) is 3. The van der Waals surface area contributed by atoms with E-state index in [1.165, 1.54) is 24.0 Å². The fourth-order valence-corrected chi connectivity index (χ4v) is 5.79. The normalized spacial score (nSPS) is 15.5. The molecule has 20 heteroatoms. The Morgan fingerprint density at radius 2 is 1.71 bits per heavy atom. The maximum atomic E-state index is 13.5. The molecule has 1 unspecified atom stereocenters. The van der Waals surface area contributed by atoms with Crippen molar-refractivity contribution in [3.63, 3.8) is 0 Å². The van der Waals surface area contributed by atoms with Gasteiger partial charge in [-0.05, 0) is 64.4 Å². The van der Waals surface area contributed by atoms with Gasteiger partial charge in [0.1, 0.15) is 17.2 Å². The van der Waals surface area contributed by atoms with Crippen LogP contribution in [0.3, 0.4) is 0 Å². The number of benzene rings is 2. The molecule has 0 aliphatic carbocycles. The number of amides is 1. The summed E-state index contributed by atoms with van der Waals surface area (Å²) in [7, 11) is -4.39. The minimum absolute atomic E-state index is 0.0604. The smallest absolute Gasteiger partial charge is 0.463 e. The van der Waals surface area contributed by atoms with E-state index >= 15 is 0 Å². The Morgan fingerprint density at radius 3 is 2.31 bits per heavy atom. The zero-order valence-corrected chi connectivity index (χ0v) is 29.6. The van der Waals surface area contributed by atoms with E-state index in [4.69, 9.17) is 23.7 Å². The van der Waals surface area contributed by atoms with Gasteiger partial charge in [-0.3, -0.25) is 14.6 Å². The first-order chi connectivity index (χ1) is 24.3. The van der Waals surface area contributed by atoms with Crippen molar-refractivity contribution in [1.29, 1.82) is 0 Å². The number of carbonyl (C=O) groups is 3. The molecule has 1 aliphatic heterocycles. The molecule has 2 atom stereocenters. The summed E-state index contributed by atoms with van der Waals surface area (Å²) >= 11 is 0. The first-order valence-corrected chi connectivity index (χ1v) is 17.4. The molecule has 3 heterocycles. The van der Waals surface area contributed by atoms with Crippen LogP contribution in [0.15, 0.2) is 64.1 Å². The topological polar surface area (TPSA) is 178 Å². The number of hydrogen-bond acceptors (Lipinski definition) is 12. The summed E-state index contributed by atoms with van der Waals surface area (Å²) in [6, 6.07) is 12.2. The van der Waals surface area contributed by atoms with Gasteiger partial charge in [-0.2, -0.15) is 22.9 Å². The van der Waals surface area contributed by atoms with E-state index < -0.39 is 64.7 Å². The van der Waals surface area contributed by atoms with Crippen LogP contribution in [0.5, 0.6) is 0 Å². The maximum absolute atomic E-state index is 13.5. The molecule has 2 aromatic heterocycles. The van der Waals surface area contributed by atoms with Crippen molar-refractivity contribution in [3.05, 3.63) is 65.9 Å². The predicted molar refractivity (Wildman–Crippen MR) is 174 cm³/mol. The van der Waals surface area contributed by atoms with Gasteiger partial charge in [0.2, 0.25) is 5.91 Å². The van der Waals surface area contributed by atoms with Gasteiger partial charge in [0, 0.05) is 25.5 Å². The summed E-state index contributed by atoms with van der Waals surface area (Å²) in [6.07, 6.45) is -6.95. The highest BCUT2D eigenvalue weighted by Gasteiger charge is 2.38. The minimum atomic E-state index is -4.72. The Kier molecular flexibility index (Phi) is 10.7. The monoisotopic (exact) mass is 754 g/mol. The number of alkyl halides is 3. The highest BCUT2D eigenvalue weighted by molar-refractivity contribution is 7.90. The Hall–Kier alpha value is -5.40. The van der Waals surface area contributed by atoms with Crippen LogP contribution in [-0.2, 0) is 40.0 Å². The number of rotatable bonds is 13. The van der Waals surface area contributed by atoms with Crippen molar-refractivity contribution in [2.75, 3.05) is 18.2 Å². The van der Waals surface area contributed by atoms with Crippen molar-refractivity contribution < 1.29 is 59.6 Å². The first kappa shape index (κ1) is 37.8. The van der Waals surface area contributed by atoms with E-state index in [-0.39, 0.29) is 28.9 Å². The van der Waals surface area contributed by atoms with Crippen LogP contribution in [-0.4, -0.2) is 77.3 Å². The van der Waals surface area contributed by atoms with Gasteiger partial charge in [-0.15, -0.1) is 0 Å². The molecule has 1 fully saturated rings. The molecular formula is C32H37F3N6O10S. The molecule has 2 aromatic carbocycles. The maximum Gasteiger partial charge on any atom is 0.511 e. The molecule has 282 valence electrons. The number of nitrogens with zero attached hydrogens (tertiary/aromatic N) is 5. The Bertz CT molecular complexity index is 1990. The van der Waals surface area contributed by atoms with Crippen molar-refractivity contribution in [3.8, 4) is 16.9 Å². The number of aryl methyl sites for hydroxylation is 1. The molecule has 5 rings (SSSR count). The zero-order valence-electron chi connectivity index (χ0n) is 28.7. The number of aromatic nitrogens is 4. The van der Waals surface area contributed by atoms with Crippen LogP contribution in [0.25, 0.3) is 16.9 Å². The van der Waals surface area contributed by atoms with Gasteiger partial charge < -0.3 is 19.0 Å². The van der Waals surface area contributed by atoms with Gasteiger partial charge in [0.25, 0.3) is 16.3 Å². The largest absolute Gasteiger partial charge is 0.511 e. The van der Waals surface area contributed by atoms with Gasteiger partial charge in [-0.1, -0.05) is 29.8 Å². The molecule has 52 heavy (non-hydrogen) atoms. The molecule has 1 aliphatic rings. The average molecular weight is 755 g/mol. The van der Waals surface area contributed by atoms with E-state index in [9.17, 15) is 36.0 Å². The van der Waals surface area contributed by atoms with E-state index in [2.05, 4.69) is 5.10 Å². The summed E-state index contributed by atoms with van der Waals surface area (Å²) in [5.74, 6) is -1.72. The molecule has 0 spiro atoms. The van der Waals surface area contributed by atoms with Crippen LogP contribution < -0.4 is 14.6 Å². The van der Waals surface area contributed by atoms with Crippen LogP contribution >= 0.6 is 0 Å². The van der Waals surface area contributed by atoms with Gasteiger partial charge >= 0.3 is 18.3 Å². The Labute approximate surface area is 295 Å². The second kappa shape index (κ2) is 14.7. The number of sulfonamides is 1. The Balaban J connectivity index is 1.09. The van der Waals surface area contributed by atoms with Crippen LogP contribution in [0, 0.1) is 6.92 Å². The summed E-state index contributed by atoms with van der Waals surface area (Å²) < 4.78 is 89.8. The molecule has 16 nitrogen and oxygen atoms in total. The standard InChI is InChI=1S/C32H37F3N6O10S/c1-20-6-8-22(9-7-20)26-18-27(32(33,34)35)36-39(26)23-10-12-25(13-11-23)52(45,46)37-28(42)14-15-29(43)47-19-24-16-17-38(24)40-41(51-40)50-21(2)48-30(44)49-31(3,4)5/h6-13,18,21,24H,14-17,19H2,1-5H3,(H,37,42)/t21?,24-,40?,41?/m0/s1. The highest BCUT2D eigenvalue weighted by Crippen LogP contribution is 2.33. The quantitative estimate of drug-likeness (QED) is 0.151. The lowest BCUT2D eigenvalue weighted by atomic mass is 10.1. The summed E-state index contributed by atoms with van der Waals surface area (Å²) in [6.45, 7) is 8.82. The molecule has 4 aromatic rings. The molecule has 0 saturated carbocycles. The van der Waals surface area contributed by atoms with Crippen molar-refractivity contribution in [2.45, 2.75) is 82.9 Å². The van der Waals surface area contributed by atoms with Gasteiger partial charge in [0.15, 0.2) is 5.69 Å². The molecule has 0 radical (unpaired) electrons. The molecule has 1 amide bonds. The first-order valence-electron chi connectivity index (χ1n) is 16.0. The third-order valence-corrected chi connectivity index (χ3v) is 8.85. The van der Waals surface area contributed by atoms with Crippen LogP contribution in [0.2, 0.25) is 0 Å². The lowest BCUT2D eigenvalue weighted by Crippen LogP contribution is -2.56. The third-order valence-electron chi connectivity index (χ3n) is 7.46. The van der Waals surface area contributed by atoms with Crippen molar-refractivity contribution >= 4 is 28.1 Å². The number of hydrogen-bond donors (Lipinski definition) is 1. The van der Waals surface area contributed by atoms with Gasteiger partial charge in [0.05, 0.1) is 33.7 Å². The summed E-state index contributed by atoms with van der Waals surface area (Å²) in [5.41, 5.74) is -0.211. The molecule has 1 N–H and O–H groups in total. The number of carbonyl (C=O) groups excluding carboxylic acids is 3. The van der Waals surface area contributed by atoms with Gasteiger partial charge in [-0.25, -0.2) is 22.6 Å². The highest BCUT2D eigenvalue weighted by atomic mass is 32.2. The number of nitrogens with one attached hydrogen (secondary N) is 1. The SMILES string of the molecule is Cc1ccc(-c2cc(C(F)(F)F)nn2-c2ccc(S(=O)(=O)NC(=O)CCC(=O)OC[C@@H]3CCN3n3on3OC(C)OC(=O)OC(C)(C)C)cc2)cc1. The van der Waals surface area contributed by atoms with E-state index in [1.807, 2.05) is 11.6 Å². The van der Waals surface area contributed by atoms with Crippen LogP contribution in [0.4, 0.5) is 18.0 Å². The number of halogens is 3. The van der Waals surface area contributed by atoms with E-state index in [1.54, 1.807) is 50.0 Å². The second-order valence-electron chi connectivity index (χ2n) is 12.8. The molecule has 1 saturated heterocycles. The molecular weight excluding hydrogens is 717 g/mol. The second-order valence-corrected chi connectivity index (χ2v) is 14.5. The lowest BCUT2D eigenvalue weighted by molar-refractivity contribution is -0.146. The predicted octanol–water partition coefficient (Wildman–Crippen LogP) is 4.33. The summed E-state index contributed by atoms with van der Waals surface area (Å²) in [4.78, 5) is 42.8. The summed E-state index contributed by atoms with van der Waals surface area (Å²) in [5, 5.41) is 6.34. The lowest BCUT2D eigenvalue weighted by Gasteiger charge is -2.36. The van der Waals surface area contributed by atoms with Crippen molar-refractivity contribution in [2.24, 2.45) is 0 Å². The minimum Gasteiger partial charge on any atom is -0.463 e. The fraction of sp³-hybridized carbons (Fsp3) is 0.438. The fourth-order valence-electron chi connectivity index (χ4n) is 4.78. The number of esters is 1. The third kappa shape index (κ3) is 9.68.